The predicted molar refractivity (Wildman–Crippen MR) is 145 cm³/mol. The summed E-state index contributed by atoms with van der Waals surface area (Å²) in [6.45, 7) is 8.16. The molecule has 40 heavy (non-hydrogen) atoms. The summed E-state index contributed by atoms with van der Waals surface area (Å²) in [5, 5.41) is 12.3. The van der Waals surface area contributed by atoms with Crippen LogP contribution in [0.25, 0.3) is 11.1 Å². The zero-order valence-corrected chi connectivity index (χ0v) is 23.4. The molecule has 1 saturated heterocycles. The fourth-order valence-corrected chi connectivity index (χ4v) is 5.27. The van der Waals surface area contributed by atoms with Gasteiger partial charge in [-0.1, -0.05) is 48.5 Å². The van der Waals surface area contributed by atoms with Crippen molar-refractivity contribution < 1.29 is 38.5 Å². The fraction of sp³-hybridized carbons (Fsp3) is 0.467. The Morgan fingerprint density at radius 2 is 1.62 bits per heavy atom. The van der Waals surface area contributed by atoms with Gasteiger partial charge in [0.1, 0.15) is 24.0 Å². The summed E-state index contributed by atoms with van der Waals surface area (Å²) in [6, 6.07) is 13.3. The van der Waals surface area contributed by atoms with E-state index >= 15 is 0 Å². The first-order valence-electron chi connectivity index (χ1n) is 13.3. The largest absolute Gasteiger partial charge is 0.480 e. The lowest BCUT2D eigenvalue weighted by Crippen LogP contribution is -2.57. The van der Waals surface area contributed by atoms with Crippen LogP contribution in [0.2, 0.25) is 0 Å². The topological polar surface area (TPSA) is 131 Å². The molecule has 0 saturated carbocycles. The van der Waals surface area contributed by atoms with Gasteiger partial charge in [-0.2, -0.15) is 0 Å². The highest BCUT2D eigenvalue weighted by atomic mass is 16.6. The third-order valence-electron chi connectivity index (χ3n) is 7.00. The fourth-order valence-electron chi connectivity index (χ4n) is 5.27. The number of rotatable bonds is 8. The van der Waals surface area contributed by atoms with Crippen molar-refractivity contribution in [3.63, 3.8) is 0 Å². The molecule has 1 aliphatic heterocycles. The quantitative estimate of drug-likeness (QED) is 0.469. The van der Waals surface area contributed by atoms with Crippen molar-refractivity contribution >= 4 is 23.9 Å². The summed E-state index contributed by atoms with van der Waals surface area (Å²) in [7, 11) is 0. The smallest absolute Gasteiger partial charge is 0.407 e. The zero-order valence-electron chi connectivity index (χ0n) is 23.4. The molecule has 2 aromatic rings. The molecule has 2 amide bonds. The summed E-state index contributed by atoms with van der Waals surface area (Å²) < 4.78 is 16.5. The highest BCUT2D eigenvalue weighted by molar-refractivity contribution is 5.90. The number of benzene rings is 2. The molecule has 2 atom stereocenters. The summed E-state index contributed by atoms with van der Waals surface area (Å²) in [5.41, 5.74) is 2.27. The number of alkyl carbamates (subject to hydrolysis) is 1. The van der Waals surface area contributed by atoms with Crippen LogP contribution >= 0.6 is 0 Å². The van der Waals surface area contributed by atoms with Crippen molar-refractivity contribution in [2.24, 2.45) is 0 Å². The highest BCUT2D eigenvalue weighted by Crippen LogP contribution is 2.44. The third kappa shape index (κ3) is 6.28. The summed E-state index contributed by atoms with van der Waals surface area (Å²) >= 11 is 0. The molecule has 0 unspecified atom stereocenters. The Kier molecular flexibility index (Phi) is 8.20. The number of amides is 2. The van der Waals surface area contributed by atoms with Gasteiger partial charge in [-0.25, -0.2) is 9.59 Å². The van der Waals surface area contributed by atoms with E-state index in [1.165, 1.54) is 0 Å². The number of carboxylic acid groups (broad SMARTS) is 1. The van der Waals surface area contributed by atoms with Gasteiger partial charge < -0.3 is 24.6 Å². The van der Waals surface area contributed by atoms with Crippen LogP contribution in [-0.2, 0) is 28.6 Å². The zero-order chi connectivity index (χ0) is 29.2. The molecule has 0 bridgehead atoms. The maximum Gasteiger partial charge on any atom is 0.407 e. The average molecular weight is 553 g/mol. The first-order chi connectivity index (χ1) is 18.8. The van der Waals surface area contributed by atoms with Crippen LogP contribution in [0, 0.1) is 0 Å². The number of carboxylic acids is 1. The Hall–Kier alpha value is -3.92. The van der Waals surface area contributed by atoms with Gasteiger partial charge in [0.05, 0.1) is 6.61 Å². The van der Waals surface area contributed by atoms with Gasteiger partial charge in [-0.15, -0.1) is 0 Å². The number of ether oxygens (including phenoxy) is 3. The second-order valence-electron chi connectivity index (χ2n) is 11.5. The molecule has 10 heteroatoms. The lowest BCUT2D eigenvalue weighted by Gasteiger charge is -2.35. The Morgan fingerprint density at radius 1 is 1.05 bits per heavy atom. The summed E-state index contributed by atoms with van der Waals surface area (Å²) in [4.78, 5) is 52.1. The van der Waals surface area contributed by atoms with Crippen LogP contribution in [0.5, 0.6) is 0 Å². The molecule has 4 rings (SSSR count). The van der Waals surface area contributed by atoms with E-state index in [0.717, 1.165) is 27.2 Å². The van der Waals surface area contributed by atoms with E-state index < -0.39 is 47.3 Å². The lowest BCUT2D eigenvalue weighted by molar-refractivity contribution is -0.158. The number of nitrogens with one attached hydrogen (secondary N) is 1. The van der Waals surface area contributed by atoms with E-state index in [-0.39, 0.29) is 32.0 Å². The standard InChI is InChI=1S/C30H36N2O8/c1-29(2,3)40-25(33)15-14-23(26(34)32-24(27(35)36)17-39-30(32,4)5)31-28(37)38-16-22-20-12-8-6-10-18(20)19-11-7-9-13-21(19)22/h6-13,22-24H,14-17H2,1-5H3,(H,31,37)(H,35,36)/t23-,24-/m1/s1. The molecule has 1 aliphatic carbocycles. The Bertz CT molecular complexity index is 1250. The van der Waals surface area contributed by atoms with Crippen molar-refractivity contribution in [2.75, 3.05) is 13.2 Å². The van der Waals surface area contributed by atoms with Gasteiger partial charge >= 0.3 is 18.0 Å². The van der Waals surface area contributed by atoms with Crippen LogP contribution in [-0.4, -0.2) is 70.6 Å². The molecule has 2 N–H and O–H groups in total. The average Bonchev–Trinajstić information content (AvgIpc) is 3.37. The Morgan fingerprint density at radius 3 is 2.17 bits per heavy atom. The van der Waals surface area contributed by atoms with Crippen molar-refractivity contribution in [1.29, 1.82) is 0 Å². The molecule has 1 heterocycles. The van der Waals surface area contributed by atoms with Crippen LogP contribution in [0.4, 0.5) is 4.79 Å². The van der Waals surface area contributed by atoms with Gasteiger partial charge in [-0.3, -0.25) is 14.5 Å². The number of esters is 1. The van der Waals surface area contributed by atoms with Crippen molar-refractivity contribution in [3.8, 4) is 11.1 Å². The minimum atomic E-state index is -1.24. The Balaban J connectivity index is 1.50. The second kappa shape index (κ2) is 11.3. The molecule has 0 spiro atoms. The normalized spacial score (nSPS) is 18.4. The van der Waals surface area contributed by atoms with Crippen molar-refractivity contribution in [1.82, 2.24) is 10.2 Å². The molecule has 10 nitrogen and oxygen atoms in total. The second-order valence-corrected chi connectivity index (χ2v) is 11.5. The van der Waals surface area contributed by atoms with E-state index in [2.05, 4.69) is 5.32 Å². The summed E-state index contributed by atoms with van der Waals surface area (Å²) in [6.07, 6.45) is -1.14. The number of carbonyl (C=O) groups is 4. The van der Waals surface area contributed by atoms with Crippen LogP contribution < -0.4 is 5.32 Å². The molecule has 0 aromatic heterocycles. The maximum atomic E-state index is 13.7. The Labute approximate surface area is 233 Å². The number of carbonyl (C=O) groups excluding carboxylic acids is 3. The number of hydrogen-bond acceptors (Lipinski definition) is 7. The first-order valence-corrected chi connectivity index (χ1v) is 13.3. The summed E-state index contributed by atoms with van der Waals surface area (Å²) in [5.74, 6) is -2.65. The van der Waals surface area contributed by atoms with Gasteiger partial charge in [-0.05, 0) is 63.3 Å². The van der Waals surface area contributed by atoms with Crippen LogP contribution in [0.15, 0.2) is 48.5 Å². The van der Waals surface area contributed by atoms with Crippen LogP contribution in [0.3, 0.4) is 0 Å². The van der Waals surface area contributed by atoms with Crippen molar-refractivity contribution in [2.45, 2.75) is 76.8 Å². The molecular weight excluding hydrogens is 516 g/mol. The van der Waals surface area contributed by atoms with E-state index in [9.17, 15) is 24.3 Å². The van der Waals surface area contributed by atoms with Gasteiger partial charge in [0.15, 0.2) is 6.04 Å². The molecule has 2 aromatic carbocycles. The number of fused-ring (bicyclic) bond motifs is 3. The van der Waals surface area contributed by atoms with Crippen molar-refractivity contribution in [3.05, 3.63) is 59.7 Å². The predicted octanol–water partition coefficient (Wildman–Crippen LogP) is 4.06. The minimum Gasteiger partial charge on any atom is -0.480 e. The number of aliphatic carboxylic acids is 1. The van der Waals surface area contributed by atoms with E-state index in [0.29, 0.717) is 0 Å². The first kappa shape index (κ1) is 29.1. The maximum absolute atomic E-state index is 13.7. The molecule has 0 radical (unpaired) electrons. The lowest BCUT2D eigenvalue weighted by atomic mass is 9.98. The highest BCUT2D eigenvalue weighted by Gasteiger charge is 2.49. The SMILES string of the molecule is CC(C)(C)OC(=O)CC[C@@H](NC(=O)OCC1c2ccccc2-c2ccccc21)C(=O)N1[C@@H](C(=O)O)COC1(C)C. The van der Waals surface area contributed by atoms with E-state index in [1.54, 1.807) is 34.6 Å². The van der Waals surface area contributed by atoms with E-state index in [1.807, 2.05) is 48.5 Å². The monoisotopic (exact) mass is 552 g/mol. The molecule has 1 fully saturated rings. The minimum absolute atomic E-state index is 0.0307. The van der Waals surface area contributed by atoms with Crippen LogP contribution in [0.1, 0.15) is 64.5 Å². The molecule has 2 aliphatic rings. The molecular formula is C30H36N2O8. The van der Waals surface area contributed by atoms with E-state index in [4.69, 9.17) is 14.2 Å². The third-order valence-corrected chi connectivity index (χ3v) is 7.00. The molecule has 214 valence electrons. The van der Waals surface area contributed by atoms with Gasteiger partial charge in [0, 0.05) is 12.3 Å². The van der Waals surface area contributed by atoms with Gasteiger partial charge in [0.2, 0.25) is 5.91 Å². The van der Waals surface area contributed by atoms with Gasteiger partial charge in [0.25, 0.3) is 0 Å². The number of nitrogens with zero attached hydrogens (tertiary/aromatic N) is 1. The number of hydrogen-bond donors (Lipinski definition) is 2.